The van der Waals surface area contributed by atoms with E-state index in [1.54, 1.807) is 48.5 Å². The molecule has 8 heteroatoms. The molecular weight excluding hydrogens is 424 g/mol. The summed E-state index contributed by atoms with van der Waals surface area (Å²) in [6.07, 6.45) is 4.57. The van der Waals surface area contributed by atoms with Crippen molar-refractivity contribution in [2.75, 3.05) is 6.61 Å². The number of aromatic hydroxyl groups is 1. The van der Waals surface area contributed by atoms with E-state index < -0.39 is 22.3 Å². The van der Waals surface area contributed by atoms with Gasteiger partial charge in [0, 0.05) is 17.8 Å². The van der Waals surface area contributed by atoms with Gasteiger partial charge in [0.1, 0.15) is 11.5 Å². The van der Waals surface area contributed by atoms with Crippen LogP contribution in [-0.2, 0) is 0 Å². The molecule has 33 heavy (non-hydrogen) atoms. The third-order valence-electron chi connectivity index (χ3n) is 4.75. The van der Waals surface area contributed by atoms with Crippen molar-refractivity contribution < 1.29 is 24.3 Å². The quantitative estimate of drug-likeness (QED) is 0.104. The van der Waals surface area contributed by atoms with Crippen LogP contribution in [0, 0.1) is 10.1 Å². The molecule has 0 bridgehead atoms. The molecule has 8 nitrogen and oxygen atoms in total. The van der Waals surface area contributed by atoms with Gasteiger partial charge in [-0.1, -0.05) is 25.8 Å². The summed E-state index contributed by atoms with van der Waals surface area (Å²) < 4.78 is 11.0. The molecule has 0 saturated heterocycles. The minimum atomic E-state index is -0.663. The summed E-state index contributed by atoms with van der Waals surface area (Å²) in [6.45, 7) is 2.78. The fourth-order valence-corrected chi connectivity index (χ4v) is 2.94. The number of phenolic OH excluding ortho intramolecular Hbond substituents is 1. The lowest BCUT2D eigenvalue weighted by Crippen LogP contribution is -2.08. The third kappa shape index (κ3) is 6.64. The van der Waals surface area contributed by atoms with Crippen molar-refractivity contribution in [2.24, 2.45) is 4.99 Å². The fourth-order valence-electron chi connectivity index (χ4n) is 2.94. The molecule has 0 unspecified atom stereocenters. The first kappa shape index (κ1) is 23.5. The maximum atomic E-state index is 12.4. The molecular formula is C25H24N2O6. The van der Waals surface area contributed by atoms with Crippen LogP contribution in [0.1, 0.15) is 42.1 Å². The molecule has 0 saturated carbocycles. The monoisotopic (exact) mass is 448 g/mol. The highest BCUT2D eigenvalue weighted by Gasteiger charge is 2.15. The number of carbonyl (C=O) groups is 1. The Bertz CT molecular complexity index is 1120. The number of esters is 1. The van der Waals surface area contributed by atoms with E-state index in [9.17, 15) is 20.0 Å². The van der Waals surface area contributed by atoms with E-state index in [4.69, 9.17) is 9.47 Å². The van der Waals surface area contributed by atoms with Crippen LogP contribution < -0.4 is 9.47 Å². The molecule has 3 aromatic carbocycles. The molecule has 0 aromatic heterocycles. The second-order valence-corrected chi connectivity index (χ2v) is 7.19. The van der Waals surface area contributed by atoms with Gasteiger partial charge in [-0.3, -0.25) is 15.1 Å². The highest BCUT2D eigenvalue weighted by Crippen LogP contribution is 2.28. The average molecular weight is 448 g/mol. The van der Waals surface area contributed by atoms with E-state index in [0.29, 0.717) is 29.4 Å². The maximum absolute atomic E-state index is 12.4. The molecule has 0 aliphatic rings. The van der Waals surface area contributed by atoms with Crippen LogP contribution in [-0.4, -0.2) is 28.8 Å². The molecule has 1 N–H and O–H groups in total. The van der Waals surface area contributed by atoms with E-state index in [2.05, 4.69) is 11.9 Å². The topological polar surface area (TPSA) is 111 Å². The van der Waals surface area contributed by atoms with Gasteiger partial charge in [-0.25, -0.2) is 4.79 Å². The molecule has 0 atom stereocenters. The number of hydrogen-bond donors (Lipinski definition) is 1. The number of nitrogens with zero attached hydrogens (tertiary/aromatic N) is 2. The van der Waals surface area contributed by atoms with Gasteiger partial charge >= 0.3 is 11.7 Å². The van der Waals surface area contributed by atoms with Crippen LogP contribution in [0.25, 0.3) is 0 Å². The maximum Gasteiger partial charge on any atom is 0.343 e. The normalized spacial score (nSPS) is 10.8. The van der Waals surface area contributed by atoms with E-state index in [0.717, 1.165) is 19.3 Å². The van der Waals surface area contributed by atoms with E-state index in [-0.39, 0.29) is 5.56 Å². The molecule has 3 aromatic rings. The first-order valence-electron chi connectivity index (χ1n) is 10.5. The molecule has 0 aliphatic carbocycles. The Morgan fingerprint density at radius 1 is 1.03 bits per heavy atom. The number of phenols is 1. The van der Waals surface area contributed by atoms with Gasteiger partial charge in [-0.15, -0.1) is 0 Å². The van der Waals surface area contributed by atoms with Crippen molar-refractivity contribution in [3.63, 3.8) is 0 Å². The molecule has 170 valence electrons. The molecule has 0 heterocycles. The third-order valence-corrected chi connectivity index (χ3v) is 4.75. The van der Waals surface area contributed by atoms with E-state index in [1.807, 2.05) is 0 Å². The van der Waals surface area contributed by atoms with Gasteiger partial charge in [-0.05, 0) is 61.0 Å². The number of ether oxygens (including phenoxy) is 2. The first-order chi connectivity index (χ1) is 16.0. The van der Waals surface area contributed by atoms with Gasteiger partial charge in [0.25, 0.3) is 0 Å². The smallest absolute Gasteiger partial charge is 0.343 e. The lowest BCUT2D eigenvalue weighted by molar-refractivity contribution is -0.385. The number of para-hydroxylation sites is 1. The number of hydrogen-bond acceptors (Lipinski definition) is 7. The Labute approximate surface area is 191 Å². The zero-order valence-corrected chi connectivity index (χ0v) is 18.1. The van der Waals surface area contributed by atoms with Crippen LogP contribution in [0.2, 0.25) is 0 Å². The predicted octanol–water partition coefficient (Wildman–Crippen LogP) is 5.84. The van der Waals surface area contributed by atoms with Crippen molar-refractivity contribution in [2.45, 2.75) is 26.2 Å². The largest absolute Gasteiger partial charge is 0.502 e. The minimum absolute atomic E-state index is 0.220. The summed E-state index contributed by atoms with van der Waals surface area (Å²) in [5.74, 6) is 0.108. The second-order valence-electron chi connectivity index (χ2n) is 7.19. The van der Waals surface area contributed by atoms with Crippen LogP contribution >= 0.6 is 0 Å². The zero-order valence-electron chi connectivity index (χ0n) is 18.1. The molecule has 0 aliphatic heterocycles. The fraction of sp³-hybridized carbons (Fsp3) is 0.200. The summed E-state index contributed by atoms with van der Waals surface area (Å²) in [4.78, 5) is 26.8. The lowest BCUT2D eigenvalue weighted by atomic mass is 10.2. The van der Waals surface area contributed by atoms with Gasteiger partial charge in [-0.2, -0.15) is 0 Å². The van der Waals surface area contributed by atoms with E-state index in [1.165, 1.54) is 24.4 Å². The molecule has 0 amide bonds. The Kier molecular flexibility index (Phi) is 8.13. The summed E-state index contributed by atoms with van der Waals surface area (Å²) >= 11 is 0. The van der Waals surface area contributed by atoms with Gasteiger partial charge in [0.15, 0.2) is 0 Å². The van der Waals surface area contributed by atoms with E-state index >= 15 is 0 Å². The van der Waals surface area contributed by atoms with Crippen LogP contribution in [0.15, 0.2) is 71.7 Å². The van der Waals surface area contributed by atoms with Gasteiger partial charge in [0.2, 0.25) is 5.75 Å². The number of unbranched alkanes of at least 4 members (excludes halogenated alkanes) is 2. The van der Waals surface area contributed by atoms with Crippen LogP contribution in [0.3, 0.4) is 0 Å². The Balaban J connectivity index is 1.58. The number of carbonyl (C=O) groups excluding carboxylic acids is 1. The SMILES string of the molecule is CCCCCOc1ccc(C(=O)Oc2ccc(N=Cc3cccc([N+](=O)[O-])c3O)cc2)cc1. The summed E-state index contributed by atoms with van der Waals surface area (Å²) in [5.41, 5.74) is 0.749. The van der Waals surface area contributed by atoms with Crippen molar-refractivity contribution in [3.05, 3.63) is 88.0 Å². The zero-order chi connectivity index (χ0) is 23.6. The highest BCUT2D eigenvalue weighted by molar-refractivity contribution is 5.91. The number of benzene rings is 3. The average Bonchev–Trinajstić information content (AvgIpc) is 2.82. The summed E-state index contributed by atoms with van der Waals surface area (Å²) in [7, 11) is 0. The lowest BCUT2D eigenvalue weighted by Gasteiger charge is -2.07. The first-order valence-corrected chi connectivity index (χ1v) is 10.5. The Morgan fingerprint density at radius 2 is 1.73 bits per heavy atom. The van der Waals surface area contributed by atoms with Crippen molar-refractivity contribution in [1.82, 2.24) is 0 Å². The summed E-state index contributed by atoms with van der Waals surface area (Å²) in [5, 5.41) is 20.9. The number of rotatable bonds is 10. The number of nitro groups is 1. The molecule has 0 spiro atoms. The Morgan fingerprint density at radius 3 is 2.39 bits per heavy atom. The summed E-state index contributed by atoms with van der Waals surface area (Å²) in [6, 6.07) is 17.4. The molecule has 0 fully saturated rings. The molecule has 0 radical (unpaired) electrons. The standard InChI is InChI=1S/C25H24N2O6/c1-2-3-4-16-32-21-12-8-18(9-13-21)25(29)33-22-14-10-20(11-15-22)26-17-19-6-5-7-23(24(19)28)27(30)31/h5-15,17,28H,2-4,16H2,1H3. The van der Waals surface area contributed by atoms with Crippen LogP contribution in [0.4, 0.5) is 11.4 Å². The number of nitro benzene ring substituents is 1. The van der Waals surface area contributed by atoms with Crippen molar-refractivity contribution in [3.8, 4) is 17.2 Å². The number of aliphatic imine (C=N–C) groups is 1. The predicted molar refractivity (Wildman–Crippen MR) is 125 cm³/mol. The second kappa shape index (κ2) is 11.4. The van der Waals surface area contributed by atoms with Crippen molar-refractivity contribution in [1.29, 1.82) is 0 Å². The van der Waals surface area contributed by atoms with Crippen molar-refractivity contribution >= 4 is 23.6 Å². The molecule has 3 rings (SSSR count). The Hall–Kier alpha value is -4.20. The van der Waals surface area contributed by atoms with Gasteiger partial charge in [0.05, 0.1) is 22.8 Å². The van der Waals surface area contributed by atoms with Crippen LogP contribution in [0.5, 0.6) is 17.2 Å². The van der Waals surface area contributed by atoms with Gasteiger partial charge < -0.3 is 14.6 Å². The highest BCUT2D eigenvalue weighted by atomic mass is 16.6. The minimum Gasteiger partial charge on any atom is -0.502 e.